The first-order chi connectivity index (χ1) is 8.25. The fraction of sp³-hybridized carbons (Fsp3) is 0.462. The maximum Gasteiger partial charge on any atom is 0.132 e. The quantitative estimate of drug-likeness (QED) is 0.504. The third-order valence-electron chi connectivity index (χ3n) is 3.40. The van der Waals surface area contributed by atoms with Gasteiger partial charge in [-0.2, -0.15) is 0 Å². The van der Waals surface area contributed by atoms with Crippen LogP contribution in [-0.2, 0) is 0 Å². The minimum absolute atomic E-state index is 0.198. The van der Waals surface area contributed by atoms with Crippen molar-refractivity contribution in [1.29, 1.82) is 0 Å². The molecular formula is C13H14ClFN2. The Morgan fingerprint density at radius 3 is 3.06 bits per heavy atom. The van der Waals surface area contributed by atoms with Gasteiger partial charge in [0.05, 0.1) is 5.69 Å². The summed E-state index contributed by atoms with van der Waals surface area (Å²) in [6.07, 6.45) is 4.45. The van der Waals surface area contributed by atoms with E-state index in [0.29, 0.717) is 5.69 Å². The van der Waals surface area contributed by atoms with Crippen molar-refractivity contribution in [1.82, 2.24) is 4.90 Å². The van der Waals surface area contributed by atoms with E-state index in [9.17, 15) is 4.39 Å². The Kier molecular flexibility index (Phi) is 2.79. The van der Waals surface area contributed by atoms with Gasteiger partial charge in [0.1, 0.15) is 17.2 Å². The molecule has 1 atom stereocenters. The minimum atomic E-state index is -0.251. The first-order valence-electron chi connectivity index (χ1n) is 6.03. The Morgan fingerprint density at radius 2 is 2.18 bits per heavy atom. The van der Waals surface area contributed by atoms with Crippen molar-refractivity contribution in [3.8, 4) is 0 Å². The third kappa shape index (κ3) is 1.93. The number of hydrogen-bond acceptors (Lipinski definition) is 2. The fourth-order valence-corrected chi connectivity index (χ4v) is 2.90. The highest BCUT2D eigenvalue weighted by molar-refractivity contribution is 6.22. The average Bonchev–Trinajstić information content (AvgIpc) is 2.54. The Labute approximate surface area is 105 Å². The van der Waals surface area contributed by atoms with Gasteiger partial charge in [-0.1, -0.05) is 24.1 Å². The molecule has 90 valence electrons. The van der Waals surface area contributed by atoms with Gasteiger partial charge in [-0.05, 0) is 25.0 Å². The number of alkyl halides is 1. The van der Waals surface area contributed by atoms with Crippen molar-refractivity contribution >= 4 is 23.1 Å². The normalized spacial score (nSPS) is 23.5. The van der Waals surface area contributed by atoms with Crippen LogP contribution >= 0.6 is 11.6 Å². The van der Waals surface area contributed by atoms with Gasteiger partial charge >= 0.3 is 0 Å². The molecule has 0 amide bonds. The second kappa shape index (κ2) is 4.30. The molecule has 2 heterocycles. The van der Waals surface area contributed by atoms with Gasteiger partial charge < -0.3 is 4.90 Å². The van der Waals surface area contributed by atoms with Crippen LogP contribution in [0, 0.1) is 5.82 Å². The maximum atomic E-state index is 13.2. The first kappa shape index (κ1) is 11.0. The fourth-order valence-electron chi connectivity index (χ4n) is 2.50. The van der Waals surface area contributed by atoms with Gasteiger partial charge in [0.15, 0.2) is 0 Å². The highest BCUT2D eigenvalue weighted by atomic mass is 35.5. The van der Waals surface area contributed by atoms with Crippen LogP contribution in [0.5, 0.6) is 0 Å². The van der Waals surface area contributed by atoms with E-state index in [0.717, 1.165) is 37.2 Å². The molecule has 2 nitrogen and oxygen atoms in total. The molecule has 0 spiro atoms. The molecular weight excluding hydrogens is 239 g/mol. The van der Waals surface area contributed by atoms with Crippen molar-refractivity contribution in [3.63, 3.8) is 0 Å². The lowest BCUT2D eigenvalue weighted by atomic mass is 10.1. The molecule has 4 heteroatoms. The number of halogens is 2. The summed E-state index contributed by atoms with van der Waals surface area (Å²) in [5.74, 6) is 0.764. The molecule has 0 aromatic heterocycles. The molecule has 0 aliphatic carbocycles. The van der Waals surface area contributed by atoms with E-state index in [-0.39, 0.29) is 11.3 Å². The smallest absolute Gasteiger partial charge is 0.132 e. The predicted molar refractivity (Wildman–Crippen MR) is 67.3 cm³/mol. The van der Waals surface area contributed by atoms with Gasteiger partial charge in [0.2, 0.25) is 0 Å². The molecule has 1 fully saturated rings. The zero-order chi connectivity index (χ0) is 11.8. The molecule has 0 saturated carbocycles. The summed E-state index contributed by atoms with van der Waals surface area (Å²) in [6, 6.07) is 4.67. The van der Waals surface area contributed by atoms with Gasteiger partial charge in [-0.15, -0.1) is 0 Å². The van der Waals surface area contributed by atoms with Crippen molar-refractivity contribution in [3.05, 3.63) is 29.6 Å². The first-order valence-corrected chi connectivity index (χ1v) is 6.47. The largest absolute Gasteiger partial charge is 0.340 e. The number of nitrogens with zero attached hydrogens (tertiary/aromatic N) is 2. The summed E-state index contributed by atoms with van der Waals surface area (Å²) in [5.41, 5.74) is 1.41. The van der Waals surface area contributed by atoms with Crippen LogP contribution in [0.3, 0.4) is 0 Å². The van der Waals surface area contributed by atoms with E-state index in [1.807, 2.05) is 0 Å². The van der Waals surface area contributed by atoms with Crippen LogP contribution in [0.2, 0.25) is 0 Å². The number of hydrogen-bond donors (Lipinski definition) is 0. The van der Waals surface area contributed by atoms with Crippen molar-refractivity contribution in [2.45, 2.75) is 31.2 Å². The lowest BCUT2D eigenvalue weighted by molar-refractivity contribution is 0.387. The van der Waals surface area contributed by atoms with Crippen molar-refractivity contribution in [2.75, 3.05) is 6.54 Å². The number of rotatable bonds is 0. The van der Waals surface area contributed by atoms with Crippen LogP contribution in [0.15, 0.2) is 23.2 Å². The monoisotopic (exact) mass is 252 g/mol. The van der Waals surface area contributed by atoms with Crippen molar-refractivity contribution in [2.24, 2.45) is 4.99 Å². The zero-order valence-electron chi connectivity index (χ0n) is 9.50. The van der Waals surface area contributed by atoms with Crippen LogP contribution in [0.25, 0.3) is 0 Å². The SMILES string of the molecule is Fc1ccc2c(c1)N=C1CCCCCN1C2Cl. The summed E-state index contributed by atoms with van der Waals surface area (Å²) in [7, 11) is 0. The molecule has 0 bridgehead atoms. The van der Waals surface area contributed by atoms with Crippen LogP contribution in [0.1, 0.15) is 36.7 Å². The second-order valence-electron chi connectivity index (χ2n) is 4.57. The number of aliphatic imine (C=N–C) groups is 1. The lowest BCUT2D eigenvalue weighted by Crippen LogP contribution is -2.34. The van der Waals surface area contributed by atoms with Gasteiger partial charge in [0.25, 0.3) is 0 Å². The molecule has 1 aromatic rings. The molecule has 2 aliphatic heterocycles. The summed E-state index contributed by atoms with van der Waals surface area (Å²) in [5, 5.41) is 0. The molecule has 0 N–H and O–H groups in total. The zero-order valence-corrected chi connectivity index (χ0v) is 10.3. The molecule has 1 saturated heterocycles. The highest BCUT2D eigenvalue weighted by Gasteiger charge is 2.29. The lowest BCUT2D eigenvalue weighted by Gasteiger charge is -2.33. The molecule has 17 heavy (non-hydrogen) atoms. The third-order valence-corrected chi connectivity index (χ3v) is 3.87. The van der Waals surface area contributed by atoms with Gasteiger partial charge in [-0.3, -0.25) is 0 Å². The standard InChI is InChI=1S/C13H14ClFN2/c14-13-10-6-5-9(15)8-11(10)16-12-4-2-1-3-7-17(12)13/h5-6,8,13H,1-4,7H2. The van der Waals surface area contributed by atoms with E-state index >= 15 is 0 Å². The minimum Gasteiger partial charge on any atom is -0.340 e. The maximum absolute atomic E-state index is 13.2. The molecule has 3 rings (SSSR count). The summed E-state index contributed by atoms with van der Waals surface area (Å²) >= 11 is 6.47. The number of amidine groups is 1. The van der Waals surface area contributed by atoms with Crippen molar-refractivity contribution < 1.29 is 4.39 Å². The van der Waals surface area contributed by atoms with E-state index < -0.39 is 0 Å². The second-order valence-corrected chi connectivity index (χ2v) is 4.98. The molecule has 2 aliphatic rings. The molecule has 1 unspecified atom stereocenters. The van der Waals surface area contributed by atoms with Gasteiger partial charge in [0, 0.05) is 18.5 Å². The molecule has 1 aromatic carbocycles. The predicted octanol–water partition coefficient (Wildman–Crippen LogP) is 3.98. The van der Waals surface area contributed by atoms with E-state index in [4.69, 9.17) is 11.6 Å². The van der Waals surface area contributed by atoms with E-state index in [1.54, 1.807) is 6.07 Å². The highest BCUT2D eigenvalue weighted by Crippen LogP contribution is 2.39. The molecule has 0 radical (unpaired) electrons. The van der Waals surface area contributed by atoms with Crippen LogP contribution < -0.4 is 0 Å². The average molecular weight is 253 g/mol. The Balaban J connectivity index is 2.06. The summed E-state index contributed by atoms with van der Waals surface area (Å²) in [4.78, 5) is 6.70. The van der Waals surface area contributed by atoms with Crippen LogP contribution in [-0.4, -0.2) is 17.3 Å². The Bertz CT molecular complexity index is 472. The number of fused-ring (bicyclic) bond motifs is 2. The summed E-state index contributed by atoms with van der Waals surface area (Å²) in [6.45, 7) is 0.948. The van der Waals surface area contributed by atoms with Gasteiger partial charge in [-0.25, -0.2) is 9.38 Å². The van der Waals surface area contributed by atoms with E-state index in [1.165, 1.54) is 18.6 Å². The summed E-state index contributed by atoms with van der Waals surface area (Å²) < 4.78 is 13.2. The van der Waals surface area contributed by atoms with Crippen LogP contribution in [0.4, 0.5) is 10.1 Å². The Hall–Kier alpha value is -1.09. The van der Waals surface area contributed by atoms with E-state index in [2.05, 4.69) is 9.89 Å². The number of benzene rings is 1. The topological polar surface area (TPSA) is 15.6 Å². The Morgan fingerprint density at radius 1 is 1.29 bits per heavy atom.